The Kier molecular flexibility index (Phi) is 11.2. The van der Waals surface area contributed by atoms with Crippen molar-refractivity contribution in [3.8, 4) is 0 Å². The fourth-order valence-electron chi connectivity index (χ4n) is 7.19. The molecule has 1 saturated heterocycles. The molecule has 2 fully saturated rings. The summed E-state index contributed by atoms with van der Waals surface area (Å²) in [5.74, 6) is -2.74. The lowest BCUT2D eigenvalue weighted by atomic mass is 10.0. The van der Waals surface area contributed by atoms with Crippen LogP contribution in [0.3, 0.4) is 0 Å². The number of nitrogens with zero attached hydrogens (tertiary/aromatic N) is 2. The number of anilines is 1. The van der Waals surface area contributed by atoms with Crippen LogP contribution in [-0.4, -0.2) is 84.0 Å². The molecule has 16 heteroatoms. The van der Waals surface area contributed by atoms with Crippen LogP contribution < -0.4 is 20.1 Å². The van der Waals surface area contributed by atoms with Gasteiger partial charge in [0.05, 0.1) is 12.2 Å². The van der Waals surface area contributed by atoms with Gasteiger partial charge < -0.3 is 25.0 Å². The molecule has 4 N–H and O–H groups in total. The van der Waals surface area contributed by atoms with Gasteiger partial charge in [-0.15, -0.1) is 0 Å². The molecule has 0 aromatic heterocycles. The Labute approximate surface area is 315 Å². The summed E-state index contributed by atoms with van der Waals surface area (Å²) in [6, 6.07) is 13.4. The minimum atomic E-state index is -4.39. The summed E-state index contributed by atoms with van der Waals surface area (Å²) in [4.78, 5) is 71.6. The second-order valence-corrected chi connectivity index (χ2v) is 16.7. The summed E-state index contributed by atoms with van der Waals surface area (Å²) in [6.45, 7) is 5.68. The highest BCUT2D eigenvalue weighted by Gasteiger charge is 2.61. The highest BCUT2D eigenvalue weighted by Crippen LogP contribution is 2.46. The maximum absolute atomic E-state index is 14.4. The second kappa shape index (κ2) is 15.7. The monoisotopic (exact) mass is 764 g/mol. The largest absolute Gasteiger partial charge is 0.444 e. The molecular weight excluding hydrogens is 717 g/mol. The van der Waals surface area contributed by atoms with Crippen LogP contribution >= 0.6 is 0 Å². The summed E-state index contributed by atoms with van der Waals surface area (Å²) in [5, 5.41) is 5.48. The number of alkyl carbamates (subject to hydrolysis) is 1. The van der Waals surface area contributed by atoms with Crippen LogP contribution in [0.5, 0.6) is 0 Å². The average Bonchev–Trinajstić information content (AvgIpc) is 3.40. The standard InChI is InChI=1S/C38H48N6O9S/c1-37(2,3)53-35(48)39-30-19-11-6-4-5-8-16-27-21-38(27,34(47)42-54(50,51)41-28-17-9-7-10-18-28)40-32(45)31-20-29(24-44(31)33(30)46)52-36(49)43-22-25-14-12-13-15-26(25)23-43/h7-10,12-18,27,29-31,41H,4-6,11,19-24H2,1-3H3,(H,39,48)(H,40,45)(H,42,47)/t27-,29-,30+,31+,38-/m1/s1. The molecule has 2 aromatic carbocycles. The molecular formula is C38H48N6O9S. The van der Waals surface area contributed by atoms with Gasteiger partial charge in [-0.05, 0) is 69.7 Å². The van der Waals surface area contributed by atoms with Crippen molar-refractivity contribution in [2.45, 2.75) is 108 Å². The quantitative estimate of drug-likeness (QED) is 0.316. The maximum Gasteiger partial charge on any atom is 0.410 e. The first-order chi connectivity index (χ1) is 25.6. The minimum absolute atomic E-state index is 0.0880. The van der Waals surface area contributed by atoms with Gasteiger partial charge in [0.25, 0.3) is 5.91 Å². The molecule has 0 radical (unpaired) electrons. The van der Waals surface area contributed by atoms with Gasteiger partial charge in [-0.2, -0.15) is 8.42 Å². The van der Waals surface area contributed by atoms with Crippen molar-refractivity contribution in [1.29, 1.82) is 0 Å². The zero-order valence-electron chi connectivity index (χ0n) is 30.7. The number of hydrogen-bond donors (Lipinski definition) is 4. The lowest BCUT2D eigenvalue weighted by molar-refractivity contribution is -0.141. The molecule has 3 aliphatic heterocycles. The predicted octanol–water partition coefficient (Wildman–Crippen LogP) is 3.87. The van der Waals surface area contributed by atoms with Gasteiger partial charge in [0.15, 0.2) is 0 Å². The molecule has 5 atom stereocenters. The third-order valence-electron chi connectivity index (χ3n) is 9.96. The van der Waals surface area contributed by atoms with Gasteiger partial charge in [-0.3, -0.25) is 24.0 Å². The molecule has 1 saturated carbocycles. The van der Waals surface area contributed by atoms with E-state index in [2.05, 4.69) is 20.1 Å². The number of fused-ring (bicyclic) bond motifs is 3. The number of rotatable bonds is 6. The third-order valence-corrected chi connectivity index (χ3v) is 10.9. The summed E-state index contributed by atoms with van der Waals surface area (Å²) in [7, 11) is -4.39. The van der Waals surface area contributed by atoms with Gasteiger partial charge in [0.1, 0.15) is 29.3 Å². The molecule has 3 heterocycles. The highest BCUT2D eigenvalue weighted by atomic mass is 32.2. The molecule has 290 valence electrons. The number of allylic oxidation sites excluding steroid dienone is 1. The summed E-state index contributed by atoms with van der Waals surface area (Å²) >= 11 is 0. The van der Waals surface area contributed by atoms with Crippen molar-refractivity contribution in [2.75, 3.05) is 11.3 Å². The Morgan fingerprint density at radius 2 is 1.63 bits per heavy atom. The average molecular weight is 765 g/mol. The first kappa shape index (κ1) is 38.6. The smallest absolute Gasteiger partial charge is 0.410 e. The summed E-state index contributed by atoms with van der Waals surface area (Å²) in [5.41, 5.74) is -0.225. The van der Waals surface area contributed by atoms with E-state index in [-0.39, 0.29) is 31.5 Å². The lowest BCUT2D eigenvalue weighted by Crippen LogP contribution is -2.58. The number of carbonyl (C=O) groups is 5. The Bertz CT molecular complexity index is 1870. The maximum atomic E-state index is 14.4. The van der Waals surface area contributed by atoms with Gasteiger partial charge >= 0.3 is 22.4 Å². The minimum Gasteiger partial charge on any atom is -0.444 e. The molecule has 15 nitrogen and oxygen atoms in total. The molecule has 54 heavy (non-hydrogen) atoms. The van der Waals surface area contributed by atoms with Gasteiger partial charge in [-0.25, -0.2) is 14.3 Å². The molecule has 5 amide bonds. The Hall–Kier alpha value is -5.12. The third kappa shape index (κ3) is 9.32. The van der Waals surface area contributed by atoms with Crippen LogP contribution in [0.15, 0.2) is 66.7 Å². The van der Waals surface area contributed by atoms with E-state index in [1.807, 2.05) is 30.3 Å². The van der Waals surface area contributed by atoms with E-state index in [9.17, 15) is 32.4 Å². The number of para-hydroxylation sites is 1. The molecule has 0 spiro atoms. The van der Waals surface area contributed by atoms with Crippen molar-refractivity contribution >= 4 is 45.8 Å². The van der Waals surface area contributed by atoms with Gasteiger partial charge in [0.2, 0.25) is 11.8 Å². The van der Waals surface area contributed by atoms with Crippen molar-refractivity contribution in [1.82, 2.24) is 25.2 Å². The molecule has 1 aliphatic carbocycles. The molecule has 0 bridgehead atoms. The van der Waals surface area contributed by atoms with Crippen LogP contribution in [0.1, 0.15) is 76.8 Å². The topological polar surface area (TPSA) is 193 Å². The van der Waals surface area contributed by atoms with E-state index >= 15 is 0 Å². The van der Waals surface area contributed by atoms with E-state index in [0.29, 0.717) is 25.9 Å². The number of nitrogens with one attached hydrogen (secondary N) is 4. The number of carbonyl (C=O) groups excluding carboxylic acids is 5. The van der Waals surface area contributed by atoms with E-state index < -0.39 is 75.4 Å². The van der Waals surface area contributed by atoms with Crippen molar-refractivity contribution < 1.29 is 41.9 Å². The summed E-state index contributed by atoms with van der Waals surface area (Å²) < 4.78 is 41.8. The second-order valence-electron chi connectivity index (χ2n) is 15.3. The van der Waals surface area contributed by atoms with Crippen LogP contribution in [0, 0.1) is 5.92 Å². The fourth-order valence-corrected chi connectivity index (χ4v) is 8.12. The van der Waals surface area contributed by atoms with Gasteiger partial charge in [0, 0.05) is 25.4 Å². The summed E-state index contributed by atoms with van der Waals surface area (Å²) in [6.07, 6.45) is 4.44. The number of amides is 5. The van der Waals surface area contributed by atoms with Crippen LogP contribution in [0.4, 0.5) is 15.3 Å². The zero-order chi connectivity index (χ0) is 38.7. The number of ether oxygens (including phenoxy) is 2. The van der Waals surface area contributed by atoms with E-state index in [1.165, 1.54) is 17.0 Å². The normalized spacial score (nSPS) is 25.8. The Balaban J connectivity index is 1.25. The van der Waals surface area contributed by atoms with Crippen molar-refractivity contribution in [2.24, 2.45) is 5.92 Å². The Morgan fingerprint density at radius 3 is 2.31 bits per heavy atom. The molecule has 6 rings (SSSR count). The fraction of sp³-hybridized carbons (Fsp3) is 0.500. The van der Waals surface area contributed by atoms with E-state index in [0.717, 1.165) is 24.0 Å². The zero-order valence-corrected chi connectivity index (χ0v) is 31.5. The Morgan fingerprint density at radius 1 is 0.944 bits per heavy atom. The SMILES string of the molecule is CC(C)(C)OC(=O)N[C@H]1CCCCCC=C[C@@H]2C[C@@]2(C(=O)NS(=O)(=O)Nc2ccccc2)NC(=O)[C@@H]2C[C@@H](OC(=O)N3Cc4ccccc4C3)CN2C1=O. The van der Waals surface area contributed by atoms with Crippen molar-refractivity contribution in [3.63, 3.8) is 0 Å². The van der Waals surface area contributed by atoms with Crippen LogP contribution in [-0.2, 0) is 47.2 Å². The van der Waals surface area contributed by atoms with E-state index in [1.54, 1.807) is 49.9 Å². The van der Waals surface area contributed by atoms with E-state index in [4.69, 9.17) is 9.47 Å². The number of benzene rings is 2. The van der Waals surface area contributed by atoms with Crippen LogP contribution in [0.2, 0.25) is 0 Å². The first-order valence-electron chi connectivity index (χ1n) is 18.3. The number of hydrogen-bond acceptors (Lipinski definition) is 9. The molecule has 0 unspecified atom stereocenters. The van der Waals surface area contributed by atoms with Crippen molar-refractivity contribution in [3.05, 3.63) is 77.9 Å². The van der Waals surface area contributed by atoms with Gasteiger partial charge in [-0.1, -0.05) is 67.5 Å². The highest BCUT2D eigenvalue weighted by molar-refractivity contribution is 7.91. The molecule has 4 aliphatic rings. The first-order valence-corrected chi connectivity index (χ1v) is 19.8. The predicted molar refractivity (Wildman–Crippen MR) is 198 cm³/mol. The van der Waals surface area contributed by atoms with Crippen LogP contribution in [0.25, 0.3) is 0 Å². The molecule has 2 aromatic rings. The lowest BCUT2D eigenvalue weighted by Gasteiger charge is -2.30.